The lowest BCUT2D eigenvalue weighted by atomic mass is 9.91. The van der Waals surface area contributed by atoms with Crippen LogP contribution in [-0.4, -0.2) is 87.5 Å². The number of halogens is 6. The summed E-state index contributed by atoms with van der Waals surface area (Å²) in [6.45, 7) is 2.73. The largest absolute Gasteiger partial charge is 0.461 e. The number of ether oxygens (including phenoxy) is 2. The Morgan fingerprint density at radius 1 is 1.17 bits per heavy atom. The molecule has 0 bridgehead atoms. The van der Waals surface area contributed by atoms with Crippen LogP contribution in [0.25, 0.3) is 0 Å². The first-order valence-electron chi connectivity index (χ1n) is 17.1. The van der Waals surface area contributed by atoms with E-state index in [-0.39, 0.29) is 61.5 Å². The Balaban J connectivity index is 1.30. The third-order valence-corrected chi connectivity index (χ3v) is 10.3. The lowest BCUT2D eigenvalue weighted by molar-refractivity contribution is -0.140. The predicted octanol–water partition coefficient (Wildman–Crippen LogP) is 4.81. The Kier molecular flexibility index (Phi) is 9.27. The number of anilines is 2. The standard InChI is InChI=1S/C35H38F6N8O3/c1-4-7-19-12-22(42)28(37)26(27(19)35(39,40)41)25-13-23-21(17-51-25)31(44-33(43-23)52-18-34-8-5-10-48(34)15-20(36)14-34)47-9-6-11-49-24(16-47)29(38)30(45-49)32(50)46(2)3/h12,20,25H,5-6,8-11,13-18,42H2,1-3H3/t20-,25+,34+/m1/s1. The van der Waals surface area contributed by atoms with Crippen molar-refractivity contribution in [3.05, 3.63) is 57.0 Å². The van der Waals surface area contributed by atoms with Crippen LogP contribution in [0.4, 0.5) is 37.8 Å². The van der Waals surface area contributed by atoms with Crippen LogP contribution in [0, 0.1) is 23.5 Å². The minimum absolute atomic E-state index is 0.0613. The molecule has 1 amide bonds. The van der Waals surface area contributed by atoms with E-state index in [0.29, 0.717) is 38.0 Å². The number of aryl methyl sites for hydroxylation is 1. The zero-order chi connectivity index (χ0) is 37.1. The van der Waals surface area contributed by atoms with Crippen molar-refractivity contribution in [2.24, 2.45) is 0 Å². The maximum Gasteiger partial charge on any atom is 0.418 e. The van der Waals surface area contributed by atoms with Crippen molar-refractivity contribution in [2.75, 3.05) is 51.0 Å². The number of rotatable bonds is 6. The van der Waals surface area contributed by atoms with Crippen LogP contribution in [-0.2, 0) is 37.0 Å². The third kappa shape index (κ3) is 6.29. The van der Waals surface area contributed by atoms with Crippen LogP contribution in [0.5, 0.6) is 6.01 Å². The van der Waals surface area contributed by atoms with E-state index in [0.717, 1.165) is 19.0 Å². The molecule has 2 saturated heterocycles. The molecule has 3 atom stereocenters. The molecule has 4 aliphatic rings. The molecule has 2 N–H and O–H groups in total. The number of alkyl halides is 4. The molecule has 2 fully saturated rings. The molecule has 6 heterocycles. The Bertz CT molecular complexity index is 1970. The van der Waals surface area contributed by atoms with Gasteiger partial charge in [0.25, 0.3) is 5.91 Å². The molecule has 278 valence electrons. The molecule has 11 nitrogen and oxygen atoms in total. The summed E-state index contributed by atoms with van der Waals surface area (Å²) < 4.78 is 103. The molecule has 4 aliphatic heterocycles. The topological polar surface area (TPSA) is 115 Å². The van der Waals surface area contributed by atoms with E-state index in [4.69, 9.17) is 20.2 Å². The first-order chi connectivity index (χ1) is 24.7. The lowest BCUT2D eigenvalue weighted by Crippen LogP contribution is -2.43. The summed E-state index contributed by atoms with van der Waals surface area (Å²) in [7, 11) is 2.99. The van der Waals surface area contributed by atoms with E-state index >= 15 is 8.78 Å². The van der Waals surface area contributed by atoms with Crippen LogP contribution in [0.2, 0.25) is 0 Å². The molecule has 3 aromatic rings. The van der Waals surface area contributed by atoms with E-state index in [1.807, 2.05) is 0 Å². The minimum Gasteiger partial charge on any atom is -0.461 e. The highest BCUT2D eigenvalue weighted by Crippen LogP contribution is 2.45. The first kappa shape index (κ1) is 35.8. The van der Waals surface area contributed by atoms with Crippen LogP contribution < -0.4 is 15.4 Å². The summed E-state index contributed by atoms with van der Waals surface area (Å²) >= 11 is 0. The first-order valence-corrected chi connectivity index (χ1v) is 17.1. The number of carbonyl (C=O) groups excluding carboxylic acids is 1. The lowest BCUT2D eigenvalue weighted by Gasteiger charge is -2.33. The quantitative estimate of drug-likeness (QED) is 0.217. The van der Waals surface area contributed by atoms with Gasteiger partial charge < -0.3 is 25.0 Å². The fourth-order valence-electron chi connectivity index (χ4n) is 7.94. The molecule has 52 heavy (non-hydrogen) atoms. The van der Waals surface area contributed by atoms with Crippen LogP contribution >= 0.6 is 0 Å². The van der Waals surface area contributed by atoms with E-state index < -0.39 is 63.9 Å². The fourth-order valence-corrected chi connectivity index (χ4v) is 7.94. The minimum atomic E-state index is -4.99. The Morgan fingerprint density at radius 3 is 2.69 bits per heavy atom. The second-order valence-electron chi connectivity index (χ2n) is 13.9. The van der Waals surface area contributed by atoms with Gasteiger partial charge in [-0.2, -0.15) is 28.2 Å². The Hall–Kier alpha value is -4.56. The number of amides is 1. The van der Waals surface area contributed by atoms with Gasteiger partial charge in [-0.25, -0.2) is 13.2 Å². The maximum atomic E-state index is 15.8. The molecule has 0 radical (unpaired) electrons. The van der Waals surface area contributed by atoms with Crippen molar-refractivity contribution >= 4 is 17.4 Å². The number of nitrogens with zero attached hydrogens (tertiary/aromatic N) is 7. The van der Waals surface area contributed by atoms with Crippen molar-refractivity contribution in [3.8, 4) is 17.9 Å². The number of nitrogen functional groups attached to an aromatic ring is 1. The SMILES string of the molecule is CC#Cc1cc(N)c(F)c([C@@H]2Cc3nc(OC[C@@]45CCCN4C[C@H](F)C5)nc(N4CCCn5nc(C(=O)N(C)C)c(F)c5C4)c3CO2)c1C(F)(F)F. The predicted molar refractivity (Wildman–Crippen MR) is 176 cm³/mol. The molecule has 0 spiro atoms. The van der Waals surface area contributed by atoms with E-state index in [1.54, 1.807) is 4.90 Å². The highest BCUT2D eigenvalue weighted by molar-refractivity contribution is 5.92. The van der Waals surface area contributed by atoms with E-state index in [1.165, 1.54) is 30.6 Å². The van der Waals surface area contributed by atoms with Gasteiger partial charge in [-0.15, -0.1) is 5.92 Å². The molecular weight excluding hydrogens is 694 g/mol. The van der Waals surface area contributed by atoms with Gasteiger partial charge in [-0.3, -0.25) is 14.4 Å². The fraction of sp³-hybridized carbons (Fsp3) is 0.543. The Labute approximate surface area is 296 Å². The third-order valence-electron chi connectivity index (χ3n) is 10.3. The maximum absolute atomic E-state index is 15.8. The van der Waals surface area contributed by atoms with Crippen molar-refractivity contribution in [2.45, 2.75) is 82.7 Å². The zero-order valence-electron chi connectivity index (χ0n) is 28.9. The molecule has 7 rings (SSSR count). The number of hydrogen-bond acceptors (Lipinski definition) is 9. The summed E-state index contributed by atoms with van der Waals surface area (Å²) in [6.07, 6.45) is -5.45. The second kappa shape index (κ2) is 13.4. The van der Waals surface area contributed by atoms with E-state index in [2.05, 4.69) is 26.8 Å². The van der Waals surface area contributed by atoms with Gasteiger partial charge in [0.05, 0.1) is 47.4 Å². The van der Waals surface area contributed by atoms with Crippen LogP contribution in [0.1, 0.15) is 82.8 Å². The van der Waals surface area contributed by atoms with Crippen LogP contribution in [0.15, 0.2) is 6.07 Å². The van der Waals surface area contributed by atoms with Crippen molar-refractivity contribution < 1.29 is 40.6 Å². The highest BCUT2D eigenvalue weighted by atomic mass is 19.4. The summed E-state index contributed by atoms with van der Waals surface area (Å²) in [4.78, 5) is 27.1. The average molecular weight is 733 g/mol. The number of fused-ring (bicyclic) bond motifs is 3. The summed E-state index contributed by atoms with van der Waals surface area (Å²) in [6, 6.07) is 0.750. The molecule has 0 saturated carbocycles. The molecule has 17 heteroatoms. The number of hydrogen-bond donors (Lipinski definition) is 1. The monoisotopic (exact) mass is 732 g/mol. The number of aromatic nitrogens is 4. The zero-order valence-corrected chi connectivity index (χ0v) is 28.9. The molecule has 1 aromatic carbocycles. The van der Waals surface area contributed by atoms with Gasteiger partial charge >= 0.3 is 12.2 Å². The smallest absolute Gasteiger partial charge is 0.418 e. The van der Waals surface area contributed by atoms with Gasteiger partial charge in [0.2, 0.25) is 0 Å². The molecule has 0 unspecified atom stereocenters. The van der Waals surface area contributed by atoms with Gasteiger partial charge in [0.1, 0.15) is 18.6 Å². The van der Waals surface area contributed by atoms with Crippen molar-refractivity contribution in [3.63, 3.8) is 0 Å². The summed E-state index contributed by atoms with van der Waals surface area (Å²) in [5.41, 5.74) is 2.71. The normalized spacial score (nSPS) is 23.0. The second-order valence-corrected chi connectivity index (χ2v) is 13.9. The molecular formula is C35H38F6N8O3. The number of carbonyl (C=O) groups is 1. The molecule has 0 aliphatic carbocycles. The van der Waals surface area contributed by atoms with Gasteiger partial charge in [0.15, 0.2) is 17.3 Å². The van der Waals surface area contributed by atoms with Crippen molar-refractivity contribution in [1.82, 2.24) is 29.5 Å². The average Bonchev–Trinajstić information content (AvgIpc) is 3.66. The van der Waals surface area contributed by atoms with Gasteiger partial charge in [0, 0.05) is 63.3 Å². The highest BCUT2D eigenvalue weighted by Gasteiger charge is 2.49. The number of nitrogens with two attached hydrogens (primary N) is 1. The van der Waals surface area contributed by atoms with E-state index in [9.17, 15) is 22.4 Å². The van der Waals surface area contributed by atoms with Gasteiger partial charge in [-0.1, -0.05) is 5.92 Å². The number of benzene rings is 1. The molecule has 2 aromatic heterocycles. The summed E-state index contributed by atoms with van der Waals surface area (Å²) in [5, 5.41) is 4.24. The van der Waals surface area contributed by atoms with Crippen LogP contribution in [0.3, 0.4) is 0 Å². The summed E-state index contributed by atoms with van der Waals surface area (Å²) in [5.74, 6) is 2.47. The Morgan fingerprint density at radius 2 is 1.96 bits per heavy atom. The van der Waals surface area contributed by atoms with Gasteiger partial charge in [-0.05, 0) is 38.8 Å². The van der Waals surface area contributed by atoms with Crippen molar-refractivity contribution in [1.29, 1.82) is 0 Å².